The molecular formula is C15H18N2O. The number of fused-ring (bicyclic) bond motifs is 1. The van der Waals surface area contributed by atoms with Gasteiger partial charge in [0.1, 0.15) is 0 Å². The maximum atomic E-state index is 12.5. The molecule has 3 rings (SSSR count). The van der Waals surface area contributed by atoms with Crippen molar-refractivity contribution >= 4 is 16.8 Å². The molecule has 0 saturated carbocycles. The molecule has 3 heteroatoms. The van der Waals surface area contributed by atoms with Gasteiger partial charge in [-0.15, -0.1) is 0 Å². The van der Waals surface area contributed by atoms with Crippen LogP contribution in [0.4, 0.5) is 0 Å². The average molecular weight is 242 g/mol. The van der Waals surface area contributed by atoms with Crippen LogP contribution in [0.1, 0.15) is 36.5 Å². The van der Waals surface area contributed by atoms with Gasteiger partial charge in [-0.1, -0.05) is 13.0 Å². The van der Waals surface area contributed by atoms with E-state index >= 15 is 0 Å². The van der Waals surface area contributed by atoms with Crippen molar-refractivity contribution in [2.24, 2.45) is 0 Å². The predicted octanol–water partition coefficient (Wildman–Crippen LogP) is 3.18. The fourth-order valence-electron chi connectivity index (χ4n) is 2.87. The minimum atomic E-state index is 0.177. The summed E-state index contributed by atoms with van der Waals surface area (Å²) in [4.78, 5) is 17.7. The number of benzene rings is 1. The molecule has 1 aliphatic heterocycles. The van der Waals surface area contributed by atoms with Crippen molar-refractivity contribution in [1.29, 1.82) is 0 Å². The van der Waals surface area contributed by atoms with E-state index in [-0.39, 0.29) is 5.91 Å². The van der Waals surface area contributed by atoms with E-state index in [1.807, 2.05) is 35.4 Å². The van der Waals surface area contributed by atoms with Gasteiger partial charge in [0.2, 0.25) is 0 Å². The van der Waals surface area contributed by atoms with Crippen LogP contribution in [0.25, 0.3) is 10.9 Å². The lowest BCUT2D eigenvalue weighted by Crippen LogP contribution is -2.35. The Hall–Kier alpha value is -1.77. The van der Waals surface area contributed by atoms with E-state index in [0.29, 0.717) is 6.04 Å². The summed E-state index contributed by atoms with van der Waals surface area (Å²) >= 11 is 0. The van der Waals surface area contributed by atoms with E-state index in [9.17, 15) is 4.79 Å². The molecule has 1 unspecified atom stereocenters. The SMILES string of the molecule is CCC1CCCN1C(=O)c1ccc2cc[nH]c2c1. The molecule has 1 fully saturated rings. The van der Waals surface area contributed by atoms with Gasteiger partial charge in [-0.25, -0.2) is 0 Å². The van der Waals surface area contributed by atoms with Crippen molar-refractivity contribution in [2.45, 2.75) is 32.2 Å². The summed E-state index contributed by atoms with van der Waals surface area (Å²) in [5.41, 5.74) is 1.83. The highest BCUT2D eigenvalue weighted by Gasteiger charge is 2.27. The Morgan fingerprint density at radius 3 is 3.17 bits per heavy atom. The Labute approximate surface area is 107 Å². The third-order valence-corrected chi connectivity index (χ3v) is 3.91. The number of aromatic nitrogens is 1. The minimum absolute atomic E-state index is 0.177. The number of likely N-dealkylation sites (tertiary alicyclic amines) is 1. The van der Waals surface area contributed by atoms with Gasteiger partial charge in [0.25, 0.3) is 5.91 Å². The van der Waals surface area contributed by atoms with Crippen LogP contribution in [0, 0.1) is 0 Å². The average Bonchev–Trinajstić information content (AvgIpc) is 3.05. The van der Waals surface area contributed by atoms with Crippen LogP contribution in [0.3, 0.4) is 0 Å². The molecule has 1 atom stereocenters. The van der Waals surface area contributed by atoms with Crippen LogP contribution in [0.15, 0.2) is 30.5 Å². The molecule has 2 aromatic rings. The maximum Gasteiger partial charge on any atom is 0.254 e. The highest BCUT2D eigenvalue weighted by molar-refractivity contribution is 5.98. The number of aromatic amines is 1. The number of rotatable bonds is 2. The lowest BCUT2D eigenvalue weighted by Gasteiger charge is -2.23. The summed E-state index contributed by atoms with van der Waals surface area (Å²) < 4.78 is 0. The van der Waals surface area contributed by atoms with E-state index in [0.717, 1.165) is 42.3 Å². The second-order valence-electron chi connectivity index (χ2n) is 4.98. The van der Waals surface area contributed by atoms with Gasteiger partial charge in [0, 0.05) is 29.9 Å². The van der Waals surface area contributed by atoms with Gasteiger partial charge in [0.05, 0.1) is 0 Å². The molecular weight excluding hydrogens is 224 g/mol. The van der Waals surface area contributed by atoms with E-state index in [2.05, 4.69) is 11.9 Å². The number of nitrogens with zero attached hydrogens (tertiary/aromatic N) is 1. The summed E-state index contributed by atoms with van der Waals surface area (Å²) in [6.07, 6.45) is 5.24. The smallest absolute Gasteiger partial charge is 0.254 e. The first kappa shape index (κ1) is 11.3. The molecule has 2 heterocycles. The van der Waals surface area contributed by atoms with Crippen LogP contribution in [0.2, 0.25) is 0 Å². The van der Waals surface area contributed by atoms with Crippen LogP contribution in [0.5, 0.6) is 0 Å². The molecule has 3 nitrogen and oxygen atoms in total. The molecule has 1 aliphatic rings. The monoisotopic (exact) mass is 242 g/mol. The fraction of sp³-hybridized carbons (Fsp3) is 0.400. The Bertz CT molecular complexity index is 573. The number of carbonyl (C=O) groups is 1. The first-order chi connectivity index (χ1) is 8.79. The van der Waals surface area contributed by atoms with Crippen LogP contribution in [-0.2, 0) is 0 Å². The predicted molar refractivity (Wildman–Crippen MR) is 72.6 cm³/mol. The third-order valence-electron chi connectivity index (χ3n) is 3.91. The van der Waals surface area contributed by atoms with Crippen molar-refractivity contribution in [3.8, 4) is 0 Å². The van der Waals surface area contributed by atoms with Crippen molar-refractivity contribution in [2.75, 3.05) is 6.54 Å². The van der Waals surface area contributed by atoms with Crippen molar-refractivity contribution in [1.82, 2.24) is 9.88 Å². The lowest BCUT2D eigenvalue weighted by molar-refractivity contribution is 0.0734. The molecule has 0 radical (unpaired) electrons. The number of hydrogen-bond acceptors (Lipinski definition) is 1. The molecule has 1 N–H and O–H groups in total. The number of nitrogens with one attached hydrogen (secondary N) is 1. The molecule has 0 spiro atoms. The standard InChI is InChI=1S/C15H18N2O/c1-2-13-4-3-9-17(13)15(18)12-6-5-11-7-8-16-14(11)10-12/h5-8,10,13,16H,2-4,9H2,1H3. The molecule has 1 amide bonds. The molecule has 18 heavy (non-hydrogen) atoms. The zero-order chi connectivity index (χ0) is 12.5. The third kappa shape index (κ3) is 1.80. The fourth-order valence-corrected chi connectivity index (χ4v) is 2.87. The number of H-pyrrole nitrogens is 1. The largest absolute Gasteiger partial charge is 0.361 e. The van der Waals surface area contributed by atoms with Gasteiger partial charge in [-0.2, -0.15) is 0 Å². The Morgan fingerprint density at radius 2 is 2.33 bits per heavy atom. The topological polar surface area (TPSA) is 36.1 Å². The van der Waals surface area contributed by atoms with Gasteiger partial charge >= 0.3 is 0 Å². The number of hydrogen-bond donors (Lipinski definition) is 1. The Balaban J connectivity index is 1.91. The van der Waals surface area contributed by atoms with Crippen LogP contribution in [-0.4, -0.2) is 28.4 Å². The zero-order valence-electron chi connectivity index (χ0n) is 10.6. The molecule has 94 valence electrons. The van der Waals surface area contributed by atoms with E-state index in [1.54, 1.807) is 0 Å². The zero-order valence-corrected chi connectivity index (χ0v) is 10.6. The van der Waals surface area contributed by atoms with Gasteiger partial charge in [0.15, 0.2) is 0 Å². The molecule has 1 aromatic heterocycles. The quantitative estimate of drug-likeness (QED) is 0.862. The molecule has 0 aliphatic carbocycles. The summed E-state index contributed by atoms with van der Waals surface area (Å²) in [5.74, 6) is 0.177. The van der Waals surface area contributed by atoms with Crippen LogP contribution >= 0.6 is 0 Å². The Morgan fingerprint density at radius 1 is 1.44 bits per heavy atom. The summed E-state index contributed by atoms with van der Waals surface area (Å²) in [7, 11) is 0. The Kier molecular flexibility index (Phi) is 2.82. The van der Waals surface area contributed by atoms with Crippen molar-refractivity contribution in [3.63, 3.8) is 0 Å². The maximum absolute atomic E-state index is 12.5. The highest BCUT2D eigenvalue weighted by atomic mass is 16.2. The van der Waals surface area contributed by atoms with Crippen molar-refractivity contribution in [3.05, 3.63) is 36.0 Å². The second kappa shape index (κ2) is 4.48. The minimum Gasteiger partial charge on any atom is -0.361 e. The normalized spacial score (nSPS) is 19.6. The van der Waals surface area contributed by atoms with E-state index in [4.69, 9.17) is 0 Å². The van der Waals surface area contributed by atoms with Gasteiger partial charge in [-0.3, -0.25) is 4.79 Å². The molecule has 1 saturated heterocycles. The summed E-state index contributed by atoms with van der Waals surface area (Å²) in [6.45, 7) is 3.06. The summed E-state index contributed by atoms with van der Waals surface area (Å²) in [5, 5.41) is 1.15. The number of amides is 1. The van der Waals surface area contributed by atoms with E-state index < -0.39 is 0 Å². The first-order valence-corrected chi connectivity index (χ1v) is 6.67. The lowest BCUT2D eigenvalue weighted by atomic mass is 10.1. The second-order valence-corrected chi connectivity index (χ2v) is 4.98. The van der Waals surface area contributed by atoms with Crippen molar-refractivity contribution < 1.29 is 4.79 Å². The highest BCUT2D eigenvalue weighted by Crippen LogP contribution is 2.23. The molecule has 1 aromatic carbocycles. The van der Waals surface area contributed by atoms with E-state index in [1.165, 1.54) is 0 Å². The van der Waals surface area contributed by atoms with Crippen LogP contribution < -0.4 is 0 Å². The first-order valence-electron chi connectivity index (χ1n) is 6.67. The number of carbonyl (C=O) groups excluding carboxylic acids is 1. The summed E-state index contributed by atoms with van der Waals surface area (Å²) in [6, 6.07) is 8.35. The van der Waals surface area contributed by atoms with Gasteiger partial charge < -0.3 is 9.88 Å². The molecule has 0 bridgehead atoms. The van der Waals surface area contributed by atoms with Gasteiger partial charge in [-0.05, 0) is 42.8 Å².